The molecule has 0 saturated heterocycles. The van der Waals surface area contributed by atoms with Gasteiger partial charge in [0, 0.05) is 17.8 Å². The first kappa shape index (κ1) is 12.3. The van der Waals surface area contributed by atoms with Crippen molar-refractivity contribution in [3.8, 4) is 6.07 Å². The van der Waals surface area contributed by atoms with Gasteiger partial charge in [0.1, 0.15) is 0 Å². The van der Waals surface area contributed by atoms with E-state index >= 15 is 0 Å². The van der Waals surface area contributed by atoms with E-state index in [1.807, 2.05) is 12.2 Å². The van der Waals surface area contributed by atoms with Crippen molar-refractivity contribution in [1.82, 2.24) is 5.32 Å². The average Bonchev–Trinajstić information content (AvgIpc) is 2.34. The monoisotopic (exact) mass is 214 g/mol. The Kier molecular flexibility index (Phi) is 5.15. The second-order valence-corrected chi connectivity index (χ2v) is 3.96. The van der Waals surface area contributed by atoms with Gasteiger partial charge in [-0.1, -0.05) is 37.8 Å². The molecule has 1 unspecified atom stereocenters. The highest BCUT2D eigenvalue weighted by Gasteiger charge is 2.04. The van der Waals surface area contributed by atoms with E-state index in [2.05, 4.69) is 37.0 Å². The maximum atomic E-state index is 8.81. The van der Waals surface area contributed by atoms with Gasteiger partial charge in [0.05, 0.1) is 6.07 Å². The van der Waals surface area contributed by atoms with Gasteiger partial charge in [0.15, 0.2) is 0 Å². The molecule has 0 fully saturated rings. The lowest BCUT2D eigenvalue weighted by atomic mass is 10.0. The van der Waals surface area contributed by atoms with Crippen molar-refractivity contribution in [2.45, 2.75) is 19.8 Å². The highest BCUT2D eigenvalue weighted by Crippen LogP contribution is 2.14. The summed E-state index contributed by atoms with van der Waals surface area (Å²) in [5.74, 6) is 0.458. The van der Waals surface area contributed by atoms with Gasteiger partial charge < -0.3 is 5.32 Å². The highest BCUT2D eigenvalue weighted by molar-refractivity contribution is 5.34. The van der Waals surface area contributed by atoms with Crippen LogP contribution in [0.1, 0.15) is 19.8 Å². The molecule has 1 N–H and O–H groups in total. The molecule has 84 valence electrons. The summed E-state index contributed by atoms with van der Waals surface area (Å²) in [6, 6.07) is 2.21. The molecular formula is C14H18N2. The van der Waals surface area contributed by atoms with E-state index in [9.17, 15) is 0 Å². The first-order valence-electron chi connectivity index (χ1n) is 5.60. The molecule has 0 bridgehead atoms. The topological polar surface area (TPSA) is 35.8 Å². The molecule has 1 aliphatic rings. The molecule has 0 radical (unpaired) electrons. The molecule has 0 heterocycles. The standard InChI is InChI=1S/C14H18N2/c1-3-4-6-12(2)11-16-14-8-5-7-13(9-14)10-15/h3-4,6,8-9,12,16H,1,5,7,11H2,2H3/b6-4-. The molecule has 0 saturated carbocycles. The summed E-state index contributed by atoms with van der Waals surface area (Å²) in [6.45, 7) is 6.66. The summed E-state index contributed by atoms with van der Waals surface area (Å²) in [4.78, 5) is 0. The summed E-state index contributed by atoms with van der Waals surface area (Å²) in [5, 5.41) is 12.1. The van der Waals surface area contributed by atoms with Crippen LogP contribution in [0.15, 0.2) is 48.2 Å². The van der Waals surface area contributed by atoms with Crippen molar-refractivity contribution >= 4 is 0 Å². The summed E-state index contributed by atoms with van der Waals surface area (Å²) < 4.78 is 0. The fourth-order valence-corrected chi connectivity index (χ4v) is 1.53. The van der Waals surface area contributed by atoms with E-state index in [0.717, 1.165) is 30.7 Å². The third-order valence-electron chi connectivity index (χ3n) is 2.46. The van der Waals surface area contributed by atoms with Gasteiger partial charge in [-0.05, 0) is 24.8 Å². The van der Waals surface area contributed by atoms with Gasteiger partial charge in [-0.15, -0.1) is 0 Å². The molecule has 2 heteroatoms. The molecule has 1 rings (SSSR count). The zero-order valence-corrected chi connectivity index (χ0v) is 9.74. The van der Waals surface area contributed by atoms with E-state index in [1.165, 1.54) is 0 Å². The molecule has 0 aromatic heterocycles. The Bertz CT molecular complexity index is 367. The molecular weight excluding hydrogens is 196 g/mol. The number of allylic oxidation sites excluding steroid dienone is 5. The van der Waals surface area contributed by atoms with Gasteiger partial charge in [0.2, 0.25) is 0 Å². The van der Waals surface area contributed by atoms with E-state index in [-0.39, 0.29) is 0 Å². The Morgan fingerprint density at radius 1 is 1.69 bits per heavy atom. The van der Waals surface area contributed by atoms with Gasteiger partial charge in [-0.3, -0.25) is 0 Å². The lowest BCUT2D eigenvalue weighted by Crippen LogP contribution is -2.19. The van der Waals surface area contributed by atoms with Crippen LogP contribution in [-0.2, 0) is 0 Å². The second-order valence-electron chi connectivity index (χ2n) is 3.96. The minimum absolute atomic E-state index is 0.458. The molecule has 1 aliphatic carbocycles. The minimum Gasteiger partial charge on any atom is -0.385 e. The lowest BCUT2D eigenvalue weighted by Gasteiger charge is -2.14. The first-order valence-corrected chi connectivity index (χ1v) is 5.60. The molecule has 1 atom stereocenters. The quantitative estimate of drug-likeness (QED) is 0.714. The van der Waals surface area contributed by atoms with Gasteiger partial charge >= 0.3 is 0 Å². The maximum Gasteiger partial charge on any atom is 0.0947 e. The molecule has 16 heavy (non-hydrogen) atoms. The van der Waals surface area contributed by atoms with E-state index < -0.39 is 0 Å². The van der Waals surface area contributed by atoms with Crippen LogP contribution in [0.4, 0.5) is 0 Å². The van der Waals surface area contributed by atoms with Crippen LogP contribution >= 0.6 is 0 Å². The van der Waals surface area contributed by atoms with Crippen LogP contribution < -0.4 is 5.32 Å². The molecule has 0 amide bonds. The number of rotatable bonds is 5. The van der Waals surface area contributed by atoms with Crippen molar-refractivity contribution in [2.75, 3.05) is 6.54 Å². The molecule has 2 nitrogen and oxygen atoms in total. The molecule has 0 aromatic rings. The molecule has 0 aromatic carbocycles. The number of nitriles is 1. The maximum absolute atomic E-state index is 8.81. The summed E-state index contributed by atoms with van der Waals surface area (Å²) >= 11 is 0. The Balaban J connectivity index is 2.41. The van der Waals surface area contributed by atoms with Crippen LogP contribution in [-0.4, -0.2) is 6.54 Å². The second kappa shape index (κ2) is 6.68. The van der Waals surface area contributed by atoms with Crippen molar-refractivity contribution in [3.63, 3.8) is 0 Å². The predicted octanol–water partition coefficient (Wildman–Crippen LogP) is 3.08. The normalized spacial score (nSPS) is 17.2. The molecule has 0 aliphatic heterocycles. The number of hydrogen-bond donors (Lipinski definition) is 1. The third-order valence-corrected chi connectivity index (χ3v) is 2.46. The lowest BCUT2D eigenvalue weighted by molar-refractivity contribution is 0.653. The number of hydrogen-bond acceptors (Lipinski definition) is 2. The Hall–Kier alpha value is -1.75. The fourth-order valence-electron chi connectivity index (χ4n) is 1.53. The fraction of sp³-hybridized carbons (Fsp3) is 0.357. The summed E-state index contributed by atoms with van der Waals surface area (Å²) in [6.07, 6.45) is 11.8. The smallest absolute Gasteiger partial charge is 0.0947 e. The van der Waals surface area contributed by atoms with Crippen LogP contribution in [0.2, 0.25) is 0 Å². The van der Waals surface area contributed by atoms with Crippen molar-refractivity contribution in [1.29, 1.82) is 5.26 Å². The zero-order chi connectivity index (χ0) is 11.8. The summed E-state index contributed by atoms with van der Waals surface area (Å²) in [5.41, 5.74) is 1.93. The van der Waals surface area contributed by atoms with E-state index in [4.69, 9.17) is 5.26 Å². The van der Waals surface area contributed by atoms with E-state index in [0.29, 0.717) is 5.92 Å². The number of nitrogens with zero attached hydrogens (tertiary/aromatic N) is 1. The average molecular weight is 214 g/mol. The van der Waals surface area contributed by atoms with Crippen LogP contribution in [0.5, 0.6) is 0 Å². The summed E-state index contributed by atoms with van der Waals surface area (Å²) in [7, 11) is 0. The highest BCUT2D eigenvalue weighted by atomic mass is 14.9. The van der Waals surface area contributed by atoms with Crippen LogP contribution in [0, 0.1) is 17.2 Å². The van der Waals surface area contributed by atoms with Gasteiger partial charge in [-0.25, -0.2) is 0 Å². The Labute approximate surface area is 97.7 Å². The SMILES string of the molecule is C=C/C=C\C(C)CNC1=CCCC(C#N)=C1. The van der Waals surface area contributed by atoms with Gasteiger partial charge in [0.25, 0.3) is 0 Å². The Morgan fingerprint density at radius 3 is 3.19 bits per heavy atom. The first-order chi connectivity index (χ1) is 7.76. The van der Waals surface area contributed by atoms with Crippen LogP contribution in [0.3, 0.4) is 0 Å². The van der Waals surface area contributed by atoms with Crippen molar-refractivity contribution in [3.05, 3.63) is 48.2 Å². The largest absolute Gasteiger partial charge is 0.385 e. The molecule has 0 spiro atoms. The third kappa shape index (κ3) is 4.18. The zero-order valence-electron chi connectivity index (χ0n) is 9.74. The Morgan fingerprint density at radius 2 is 2.50 bits per heavy atom. The number of nitrogens with one attached hydrogen (secondary N) is 1. The van der Waals surface area contributed by atoms with Gasteiger partial charge in [-0.2, -0.15) is 5.26 Å². The van der Waals surface area contributed by atoms with Crippen LogP contribution in [0.25, 0.3) is 0 Å². The predicted molar refractivity (Wildman–Crippen MR) is 67.5 cm³/mol. The van der Waals surface area contributed by atoms with E-state index in [1.54, 1.807) is 6.08 Å². The van der Waals surface area contributed by atoms with Crippen molar-refractivity contribution < 1.29 is 0 Å². The van der Waals surface area contributed by atoms with Crippen molar-refractivity contribution in [2.24, 2.45) is 5.92 Å². The minimum atomic E-state index is 0.458.